The van der Waals surface area contributed by atoms with Crippen molar-refractivity contribution in [3.05, 3.63) is 0 Å². The minimum atomic E-state index is -0.0424. The number of ether oxygens (including phenoxy) is 2. The van der Waals surface area contributed by atoms with E-state index in [0.717, 1.165) is 36.9 Å². The van der Waals surface area contributed by atoms with Crippen LogP contribution in [-0.2, 0) is 14.3 Å². The van der Waals surface area contributed by atoms with Crippen molar-refractivity contribution in [3.8, 4) is 0 Å². The van der Waals surface area contributed by atoms with Gasteiger partial charge in [-0.15, -0.1) is 0 Å². The first-order chi connectivity index (χ1) is 14.5. The minimum absolute atomic E-state index is 0.0424. The van der Waals surface area contributed by atoms with E-state index >= 15 is 0 Å². The van der Waals surface area contributed by atoms with Gasteiger partial charge in [0, 0.05) is 6.42 Å². The third kappa shape index (κ3) is 22.1. The number of hydrogen-bond acceptors (Lipinski definition) is 3. The van der Waals surface area contributed by atoms with Crippen LogP contribution in [0.1, 0.15) is 123 Å². The Morgan fingerprint density at radius 2 is 1.10 bits per heavy atom. The molecule has 0 aromatic carbocycles. The van der Waals surface area contributed by atoms with Crippen LogP contribution in [0.3, 0.4) is 0 Å². The maximum Gasteiger partial charge on any atom is 0.305 e. The van der Waals surface area contributed by atoms with Crippen molar-refractivity contribution in [1.82, 2.24) is 0 Å². The Balaban J connectivity index is 3.46. The second-order valence-corrected chi connectivity index (χ2v) is 9.62. The van der Waals surface area contributed by atoms with Gasteiger partial charge >= 0.3 is 5.97 Å². The lowest BCUT2D eigenvalue weighted by Gasteiger charge is -2.28. The van der Waals surface area contributed by atoms with Crippen LogP contribution >= 0.6 is 0 Å². The highest BCUT2D eigenvalue weighted by Gasteiger charge is 2.16. The van der Waals surface area contributed by atoms with Crippen LogP contribution in [0.4, 0.5) is 0 Å². The molecule has 0 rings (SSSR count). The van der Waals surface area contributed by atoms with Crippen molar-refractivity contribution >= 4 is 5.97 Å². The predicted octanol–water partition coefficient (Wildman–Crippen LogP) is 7.25. The first-order valence-corrected chi connectivity index (χ1v) is 13.1. The number of hydrogen-bond donors (Lipinski definition) is 0. The van der Waals surface area contributed by atoms with Crippen molar-refractivity contribution < 1.29 is 18.8 Å². The lowest BCUT2D eigenvalue weighted by atomic mass is 10.1. The zero-order valence-electron chi connectivity index (χ0n) is 21.0. The number of quaternary nitrogens is 1. The fraction of sp³-hybridized carbons (Fsp3) is 0.962. The van der Waals surface area contributed by atoms with Crippen molar-refractivity contribution in [2.75, 3.05) is 40.6 Å². The third-order valence-corrected chi connectivity index (χ3v) is 5.78. The zero-order chi connectivity index (χ0) is 22.3. The van der Waals surface area contributed by atoms with Crippen molar-refractivity contribution in [1.29, 1.82) is 0 Å². The summed E-state index contributed by atoms with van der Waals surface area (Å²) in [5.41, 5.74) is 0. The third-order valence-electron chi connectivity index (χ3n) is 5.78. The molecule has 4 nitrogen and oxygen atoms in total. The second kappa shape index (κ2) is 21.6. The molecule has 30 heavy (non-hydrogen) atoms. The number of esters is 1. The number of carbonyl (C=O) groups excluding carboxylic acids is 1. The number of likely N-dealkylation sites (N-methyl/N-ethyl adjacent to an activating group) is 1. The molecule has 0 aliphatic heterocycles. The number of nitrogens with zero attached hydrogens (tertiary/aromatic N) is 1. The molecule has 0 saturated heterocycles. The molecule has 0 N–H and O–H groups in total. The highest BCUT2D eigenvalue weighted by molar-refractivity contribution is 5.69. The van der Waals surface area contributed by atoms with Crippen LogP contribution < -0.4 is 0 Å². The van der Waals surface area contributed by atoms with Gasteiger partial charge in [-0.25, -0.2) is 0 Å². The van der Waals surface area contributed by atoms with E-state index in [2.05, 4.69) is 27.9 Å². The van der Waals surface area contributed by atoms with Crippen LogP contribution in [0.15, 0.2) is 0 Å². The molecule has 0 heterocycles. The van der Waals surface area contributed by atoms with Gasteiger partial charge in [0.2, 0.25) is 0 Å². The average molecular weight is 429 g/mol. The zero-order valence-corrected chi connectivity index (χ0v) is 21.0. The molecule has 0 atom stereocenters. The standard InChI is InChI=1S/C26H54NO3/c1-5-7-9-11-13-14-16-18-20-23-29-25-27(3,4)22-24-30-26(28)21-19-17-15-12-10-8-6-2/h5-25H2,1-4H3/q+1. The Labute approximate surface area is 188 Å². The van der Waals surface area contributed by atoms with Gasteiger partial charge in [0.05, 0.1) is 20.7 Å². The summed E-state index contributed by atoms with van der Waals surface area (Å²) in [6.07, 6.45) is 21.2. The van der Waals surface area contributed by atoms with E-state index in [4.69, 9.17) is 9.47 Å². The maximum absolute atomic E-state index is 11.9. The predicted molar refractivity (Wildman–Crippen MR) is 129 cm³/mol. The Kier molecular flexibility index (Phi) is 21.2. The highest BCUT2D eigenvalue weighted by Crippen LogP contribution is 2.10. The molecule has 4 heteroatoms. The number of carbonyl (C=O) groups is 1. The quantitative estimate of drug-likeness (QED) is 0.0744. The van der Waals surface area contributed by atoms with E-state index in [-0.39, 0.29) is 5.97 Å². The summed E-state index contributed by atoms with van der Waals surface area (Å²) in [6.45, 7) is 7.33. The van der Waals surface area contributed by atoms with Crippen molar-refractivity contribution in [2.24, 2.45) is 0 Å². The van der Waals surface area contributed by atoms with Gasteiger partial charge in [0.1, 0.15) is 13.2 Å². The minimum Gasteiger partial charge on any atom is -0.460 e. The molecule has 0 aliphatic rings. The van der Waals surface area contributed by atoms with E-state index in [1.165, 1.54) is 83.5 Å². The summed E-state index contributed by atoms with van der Waals surface area (Å²) in [5, 5.41) is 0. The largest absolute Gasteiger partial charge is 0.460 e. The van der Waals surface area contributed by atoms with Crippen molar-refractivity contribution in [2.45, 2.75) is 123 Å². The average Bonchev–Trinajstić information content (AvgIpc) is 2.71. The summed E-state index contributed by atoms with van der Waals surface area (Å²) in [7, 11) is 4.28. The van der Waals surface area contributed by atoms with Gasteiger partial charge < -0.3 is 14.0 Å². The molecule has 0 aliphatic carbocycles. The second-order valence-electron chi connectivity index (χ2n) is 9.62. The van der Waals surface area contributed by atoms with E-state index in [9.17, 15) is 4.79 Å². The monoisotopic (exact) mass is 428 g/mol. The summed E-state index contributed by atoms with van der Waals surface area (Å²) in [5.74, 6) is -0.0424. The smallest absolute Gasteiger partial charge is 0.305 e. The Hall–Kier alpha value is -0.610. The topological polar surface area (TPSA) is 35.5 Å². The van der Waals surface area contributed by atoms with Crippen LogP contribution in [0.25, 0.3) is 0 Å². The highest BCUT2D eigenvalue weighted by atomic mass is 16.5. The van der Waals surface area contributed by atoms with E-state index < -0.39 is 0 Å². The summed E-state index contributed by atoms with van der Waals surface area (Å²) in [6, 6.07) is 0. The molecule has 0 radical (unpaired) electrons. The summed E-state index contributed by atoms with van der Waals surface area (Å²) in [4.78, 5) is 11.9. The van der Waals surface area contributed by atoms with Crippen molar-refractivity contribution in [3.63, 3.8) is 0 Å². The lowest BCUT2D eigenvalue weighted by molar-refractivity contribution is -0.909. The number of unbranched alkanes of at least 4 members (excludes halogenated alkanes) is 14. The molecule has 0 aromatic rings. The van der Waals surface area contributed by atoms with E-state index in [1.807, 2.05) is 0 Å². The Bertz CT molecular complexity index is 371. The van der Waals surface area contributed by atoms with Gasteiger partial charge in [-0.3, -0.25) is 4.79 Å². The molecule has 0 bridgehead atoms. The van der Waals surface area contributed by atoms with Crippen LogP contribution in [0, 0.1) is 0 Å². The SMILES string of the molecule is CCCCCCCCCCCOC[N+](C)(C)CCOC(=O)CCCCCCCCC. The van der Waals surface area contributed by atoms with Gasteiger partial charge in [-0.1, -0.05) is 104 Å². The van der Waals surface area contributed by atoms with Crippen LogP contribution in [0.5, 0.6) is 0 Å². The normalized spacial score (nSPS) is 11.7. The summed E-state index contributed by atoms with van der Waals surface area (Å²) < 4.78 is 12.0. The maximum atomic E-state index is 11.9. The molecule has 0 amide bonds. The van der Waals surface area contributed by atoms with Gasteiger partial charge in [-0.05, 0) is 12.8 Å². The fourth-order valence-corrected chi connectivity index (χ4v) is 3.60. The molecule has 0 aromatic heterocycles. The van der Waals surface area contributed by atoms with Crippen LogP contribution in [-0.4, -0.2) is 51.0 Å². The van der Waals surface area contributed by atoms with E-state index in [1.54, 1.807) is 0 Å². The van der Waals surface area contributed by atoms with Gasteiger partial charge in [0.25, 0.3) is 0 Å². The first kappa shape index (κ1) is 29.4. The molecular weight excluding hydrogens is 374 g/mol. The first-order valence-electron chi connectivity index (χ1n) is 13.1. The number of rotatable bonds is 23. The molecule has 0 fully saturated rings. The molecule has 0 unspecified atom stereocenters. The Morgan fingerprint density at radius 1 is 0.633 bits per heavy atom. The molecule has 0 spiro atoms. The molecular formula is C26H54NO3+. The Morgan fingerprint density at radius 3 is 1.63 bits per heavy atom. The fourth-order valence-electron chi connectivity index (χ4n) is 3.60. The van der Waals surface area contributed by atoms with E-state index in [0.29, 0.717) is 19.8 Å². The van der Waals surface area contributed by atoms with Gasteiger partial charge in [0.15, 0.2) is 6.73 Å². The van der Waals surface area contributed by atoms with Crippen LogP contribution in [0.2, 0.25) is 0 Å². The van der Waals surface area contributed by atoms with Gasteiger partial charge in [-0.2, -0.15) is 0 Å². The summed E-state index contributed by atoms with van der Waals surface area (Å²) >= 11 is 0. The molecule has 0 saturated carbocycles. The molecule has 180 valence electrons. The lowest BCUT2D eigenvalue weighted by Crippen LogP contribution is -2.44.